The van der Waals surface area contributed by atoms with Gasteiger partial charge in [0.15, 0.2) is 0 Å². The number of nitrogens with zero attached hydrogens (tertiary/aromatic N) is 3. The molecule has 1 aromatic heterocycles. The fourth-order valence-electron chi connectivity index (χ4n) is 3.37. The average molecular weight is 329 g/mol. The van der Waals surface area contributed by atoms with Crippen molar-refractivity contribution in [2.24, 2.45) is 0 Å². The minimum atomic E-state index is -0.588. The molecule has 2 aromatic rings. The van der Waals surface area contributed by atoms with Gasteiger partial charge in [0, 0.05) is 19.0 Å². The molecule has 0 saturated heterocycles. The van der Waals surface area contributed by atoms with Gasteiger partial charge in [0.05, 0.1) is 12.1 Å². The molecule has 0 spiro atoms. The van der Waals surface area contributed by atoms with Gasteiger partial charge in [-0.15, -0.1) is 10.2 Å². The predicted molar refractivity (Wildman–Crippen MR) is 92.4 cm³/mol. The monoisotopic (exact) mass is 329 g/mol. The zero-order valence-corrected chi connectivity index (χ0v) is 14.6. The summed E-state index contributed by atoms with van der Waals surface area (Å²) in [5.74, 6) is 1.52. The van der Waals surface area contributed by atoms with E-state index < -0.39 is 5.60 Å². The number of hydrogen-bond acceptors (Lipinski definition) is 5. The maximum atomic E-state index is 10.8. The summed E-state index contributed by atoms with van der Waals surface area (Å²) in [6, 6.07) is 10.3. The van der Waals surface area contributed by atoms with Gasteiger partial charge >= 0.3 is 0 Å². The maximum absolute atomic E-state index is 10.8. The Morgan fingerprint density at radius 3 is 2.46 bits per heavy atom. The molecule has 1 heterocycles. The molecule has 1 N–H and O–H groups in total. The van der Waals surface area contributed by atoms with Crippen LogP contribution in [0.4, 0.5) is 0 Å². The van der Waals surface area contributed by atoms with Crippen LogP contribution in [-0.2, 0) is 13.1 Å². The lowest BCUT2D eigenvalue weighted by Gasteiger charge is -2.30. The van der Waals surface area contributed by atoms with Gasteiger partial charge in [0.2, 0.25) is 11.8 Å². The Bertz CT molecular complexity index is 633. The van der Waals surface area contributed by atoms with Crippen molar-refractivity contribution in [3.05, 3.63) is 47.7 Å². The molecule has 3 rings (SSSR count). The minimum Gasteiger partial charge on any atom is -0.424 e. The lowest BCUT2D eigenvalue weighted by Crippen LogP contribution is -2.40. The highest BCUT2D eigenvalue weighted by Gasteiger charge is 2.33. The minimum absolute atomic E-state index is 0.229. The first-order valence-corrected chi connectivity index (χ1v) is 8.85. The van der Waals surface area contributed by atoms with Gasteiger partial charge in [-0.2, -0.15) is 0 Å². The zero-order chi connectivity index (χ0) is 17.0. The number of aromatic nitrogens is 2. The van der Waals surface area contributed by atoms with Gasteiger partial charge in [0.25, 0.3) is 0 Å². The molecule has 1 aliphatic carbocycles. The standard InChI is InChI=1S/C19H27N3O2/c1-15(2)18-21-20-17(24-18)13-22(12-16-8-4-3-5-9-16)14-19(23)10-6-7-11-19/h3-5,8-9,15,23H,6-7,10-14H2,1-2H3. The lowest BCUT2D eigenvalue weighted by molar-refractivity contribution is 0.00230. The Labute approximate surface area is 143 Å². The Balaban J connectivity index is 1.72. The first kappa shape index (κ1) is 17.1. The zero-order valence-electron chi connectivity index (χ0n) is 14.6. The third kappa shape index (κ3) is 4.42. The summed E-state index contributed by atoms with van der Waals surface area (Å²) in [5.41, 5.74) is 0.637. The van der Waals surface area contributed by atoms with Crippen molar-refractivity contribution in [1.82, 2.24) is 15.1 Å². The Morgan fingerprint density at radius 1 is 1.12 bits per heavy atom. The van der Waals surface area contributed by atoms with Crippen molar-refractivity contribution < 1.29 is 9.52 Å². The van der Waals surface area contributed by atoms with E-state index in [1.54, 1.807) is 0 Å². The van der Waals surface area contributed by atoms with E-state index in [1.165, 1.54) is 5.56 Å². The molecule has 1 fully saturated rings. The second-order valence-electron chi connectivity index (χ2n) is 7.25. The van der Waals surface area contributed by atoms with Gasteiger partial charge in [0.1, 0.15) is 0 Å². The molecule has 1 aromatic carbocycles. The number of hydrogen-bond donors (Lipinski definition) is 1. The third-order valence-electron chi connectivity index (χ3n) is 4.64. The van der Waals surface area contributed by atoms with Crippen LogP contribution in [0.2, 0.25) is 0 Å². The number of benzene rings is 1. The molecule has 0 bridgehead atoms. The van der Waals surface area contributed by atoms with Gasteiger partial charge < -0.3 is 9.52 Å². The van der Waals surface area contributed by atoms with E-state index in [0.29, 0.717) is 24.9 Å². The lowest BCUT2D eigenvalue weighted by atomic mass is 10.0. The highest BCUT2D eigenvalue weighted by atomic mass is 16.4. The van der Waals surface area contributed by atoms with Crippen molar-refractivity contribution in [2.75, 3.05) is 6.54 Å². The summed E-state index contributed by atoms with van der Waals surface area (Å²) in [7, 11) is 0. The van der Waals surface area contributed by atoms with Crippen LogP contribution in [-0.4, -0.2) is 32.3 Å². The van der Waals surface area contributed by atoms with E-state index in [2.05, 4.69) is 27.2 Å². The van der Waals surface area contributed by atoms with Crippen LogP contribution in [0.25, 0.3) is 0 Å². The topological polar surface area (TPSA) is 62.4 Å². The van der Waals surface area contributed by atoms with E-state index in [1.807, 2.05) is 32.0 Å². The quantitative estimate of drug-likeness (QED) is 0.842. The van der Waals surface area contributed by atoms with E-state index >= 15 is 0 Å². The largest absolute Gasteiger partial charge is 0.424 e. The average Bonchev–Trinajstić information content (AvgIpc) is 3.18. The summed E-state index contributed by atoms with van der Waals surface area (Å²) in [6.07, 6.45) is 3.96. The van der Waals surface area contributed by atoms with Gasteiger partial charge in [-0.05, 0) is 18.4 Å². The SMILES string of the molecule is CC(C)c1nnc(CN(Cc2ccccc2)CC2(O)CCCC2)o1. The third-order valence-corrected chi connectivity index (χ3v) is 4.64. The Morgan fingerprint density at radius 2 is 1.83 bits per heavy atom. The van der Waals surface area contributed by atoms with Crippen LogP contribution >= 0.6 is 0 Å². The first-order valence-electron chi connectivity index (χ1n) is 8.85. The number of rotatable bonds is 7. The highest BCUT2D eigenvalue weighted by Crippen LogP contribution is 2.31. The van der Waals surface area contributed by atoms with E-state index in [-0.39, 0.29) is 5.92 Å². The van der Waals surface area contributed by atoms with Crippen LogP contribution in [0.5, 0.6) is 0 Å². The molecule has 1 saturated carbocycles. The van der Waals surface area contributed by atoms with Gasteiger partial charge in [-0.1, -0.05) is 57.0 Å². The first-order chi connectivity index (χ1) is 11.5. The molecule has 5 nitrogen and oxygen atoms in total. The van der Waals surface area contributed by atoms with Crippen LogP contribution < -0.4 is 0 Å². The van der Waals surface area contributed by atoms with Crippen LogP contribution in [0, 0.1) is 0 Å². The molecule has 24 heavy (non-hydrogen) atoms. The second-order valence-corrected chi connectivity index (χ2v) is 7.25. The smallest absolute Gasteiger partial charge is 0.230 e. The molecule has 1 aliphatic rings. The summed E-state index contributed by atoms with van der Waals surface area (Å²) in [5, 5.41) is 19.1. The fraction of sp³-hybridized carbons (Fsp3) is 0.579. The Kier molecular flexibility index (Phi) is 5.31. The van der Waals surface area contributed by atoms with E-state index in [4.69, 9.17) is 4.42 Å². The summed E-state index contributed by atoms with van der Waals surface area (Å²) in [4.78, 5) is 2.22. The molecule has 5 heteroatoms. The normalized spacial score (nSPS) is 17.0. The van der Waals surface area contributed by atoms with Gasteiger partial charge in [-0.3, -0.25) is 4.90 Å². The molecule has 0 radical (unpaired) electrons. The van der Waals surface area contributed by atoms with Crippen molar-refractivity contribution in [1.29, 1.82) is 0 Å². The van der Waals surface area contributed by atoms with Crippen molar-refractivity contribution in [3.63, 3.8) is 0 Å². The highest BCUT2D eigenvalue weighted by molar-refractivity contribution is 5.14. The fourth-order valence-corrected chi connectivity index (χ4v) is 3.37. The van der Waals surface area contributed by atoms with Crippen LogP contribution in [0.1, 0.15) is 62.8 Å². The molecule has 0 amide bonds. The second kappa shape index (κ2) is 7.45. The van der Waals surface area contributed by atoms with E-state index in [9.17, 15) is 5.11 Å². The summed E-state index contributed by atoms with van der Waals surface area (Å²) < 4.78 is 5.77. The van der Waals surface area contributed by atoms with Gasteiger partial charge in [-0.25, -0.2) is 0 Å². The van der Waals surface area contributed by atoms with Crippen LogP contribution in [0.15, 0.2) is 34.7 Å². The van der Waals surface area contributed by atoms with Crippen molar-refractivity contribution >= 4 is 0 Å². The number of aliphatic hydroxyl groups is 1. The predicted octanol–water partition coefficient (Wildman–Crippen LogP) is 3.50. The molecular weight excluding hydrogens is 302 g/mol. The van der Waals surface area contributed by atoms with Crippen LogP contribution in [0.3, 0.4) is 0 Å². The Hall–Kier alpha value is -1.72. The molecule has 0 unspecified atom stereocenters. The van der Waals surface area contributed by atoms with Crippen molar-refractivity contribution in [3.8, 4) is 0 Å². The molecular formula is C19H27N3O2. The maximum Gasteiger partial charge on any atom is 0.230 e. The summed E-state index contributed by atoms with van der Waals surface area (Å²) in [6.45, 7) is 6.06. The molecule has 0 atom stereocenters. The van der Waals surface area contributed by atoms with Crippen molar-refractivity contribution in [2.45, 2.75) is 64.1 Å². The van der Waals surface area contributed by atoms with E-state index in [0.717, 1.165) is 32.2 Å². The molecule has 0 aliphatic heterocycles. The molecule has 130 valence electrons. The summed E-state index contributed by atoms with van der Waals surface area (Å²) >= 11 is 0.